The van der Waals surface area contributed by atoms with Gasteiger partial charge in [0.15, 0.2) is 5.16 Å². The van der Waals surface area contributed by atoms with Crippen molar-refractivity contribution in [3.05, 3.63) is 45.1 Å². The van der Waals surface area contributed by atoms with Crippen LogP contribution in [0.4, 0.5) is 0 Å². The van der Waals surface area contributed by atoms with Crippen LogP contribution in [0.3, 0.4) is 0 Å². The summed E-state index contributed by atoms with van der Waals surface area (Å²) in [5, 5.41) is 12.6. The third-order valence-electron chi connectivity index (χ3n) is 5.18. The van der Waals surface area contributed by atoms with Crippen LogP contribution in [-0.2, 0) is 12.8 Å². The average molecular weight is 433 g/mol. The second-order valence-electron chi connectivity index (χ2n) is 7.06. The smallest absolute Gasteiger partial charge is 0.267 e. The number of methoxy groups -OCH3 is 1. The molecule has 3 N–H and O–H groups in total. The van der Waals surface area contributed by atoms with Crippen LogP contribution < -0.4 is 15.6 Å². The lowest BCUT2D eigenvalue weighted by atomic mass is 9.97. The molecular weight excluding hydrogens is 406 g/mol. The predicted octanol–water partition coefficient (Wildman–Crippen LogP) is 1.98. The largest absolute Gasteiger partial charge is 0.497 e. The molecule has 0 atom stereocenters. The first-order chi connectivity index (χ1) is 14.2. The summed E-state index contributed by atoms with van der Waals surface area (Å²) in [4.78, 5) is 20.7. The number of nitrogens with zero attached hydrogens (tertiary/aromatic N) is 2. The number of quaternary nitrogens is 1. The second kappa shape index (κ2) is 9.30. The van der Waals surface area contributed by atoms with Gasteiger partial charge in [-0.3, -0.25) is 9.36 Å². The zero-order valence-corrected chi connectivity index (χ0v) is 18.2. The summed E-state index contributed by atoms with van der Waals surface area (Å²) in [6, 6.07) is 7.57. The lowest BCUT2D eigenvalue weighted by Gasteiger charge is -2.14. The first-order valence-corrected chi connectivity index (χ1v) is 11.8. The van der Waals surface area contributed by atoms with Crippen LogP contribution in [0, 0.1) is 0 Å². The van der Waals surface area contributed by atoms with Gasteiger partial charge in [-0.2, -0.15) is 0 Å². The first-order valence-electron chi connectivity index (χ1n) is 10.00. The zero-order valence-electron chi connectivity index (χ0n) is 16.5. The molecule has 0 fully saturated rings. The Balaban J connectivity index is 1.78. The van der Waals surface area contributed by atoms with E-state index in [0.29, 0.717) is 6.54 Å². The van der Waals surface area contributed by atoms with Crippen LogP contribution >= 0.6 is 23.1 Å². The number of hydrogen-bond donors (Lipinski definition) is 2. The number of aromatic nitrogens is 2. The molecule has 2 heterocycles. The van der Waals surface area contributed by atoms with Crippen molar-refractivity contribution in [3.63, 3.8) is 0 Å². The van der Waals surface area contributed by atoms with Gasteiger partial charge < -0.3 is 15.2 Å². The zero-order chi connectivity index (χ0) is 20.2. The van der Waals surface area contributed by atoms with Gasteiger partial charge in [0, 0.05) is 4.88 Å². The fraction of sp³-hybridized carbons (Fsp3) is 0.429. The van der Waals surface area contributed by atoms with E-state index in [0.717, 1.165) is 58.4 Å². The number of nitrogens with two attached hydrogens (primary N) is 1. The van der Waals surface area contributed by atoms with Crippen molar-refractivity contribution in [2.75, 3.05) is 32.6 Å². The fourth-order valence-corrected chi connectivity index (χ4v) is 5.96. The van der Waals surface area contributed by atoms with E-state index in [9.17, 15) is 4.79 Å². The summed E-state index contributed by atoms with van der Waals surface area (Å²) < 4.78 is 7.02. The van der Waals surface area contributed by atoms with E-state index in [2.05, 4.69) is 5.32 Å². The van der Waals surface area contributed by atoms with E-state index in [1.165, 1.54) is 16.9 Å². The maximum absolute atomic E-state index is 13.6. The third-order valence-corrected chi connectivity index (χ3v) is 7.33. The maximum atomic E-state index is 13.6. The molecule has 0 saturated carbocycles. The minimum atomic E-state index is 0.0291. The Morgan fingerprint density at radius 2 is 2.03 bits per heavy atom. The number of benzene rings is 1. The Labute approximate surface area is 177 Å². The molecule has 1 aliphatic carbocycles. The van der Waals surface area contributed by atoms with Gasteiger partial charge in [-0.25, -0.2) is 4.98 Å². The number of aryl methyl sites for hydroxylation is 2. The highest BCUT2D eigenvalue weighted by Crippen LogP contribution is 2.35. The molecule has 0 unspecified atom stereocenters. The maximum Gasteiger partial charge on any atom is 0.267 e. The van der Waals surface area contributed by atoms with Crippen molar-refractivity contribution in [1.82, 2.24) is 9.55 Å². The summed E-state index contributed by atoms with van der Waals surface area (Å²) in [6.07, 6.45) is 4.35. The Bertz CT molecular complexity index is 1040. The molecule has 0 aliphatic heterocycles. The molecule has 0 saturated heterocycles. The standard InChI is InChI=1S/C21H25N3O3S2/c1-27-15-8-6-14(7-9-15)24-20(26)18-16-4-2-3-5-17(16)29-19(18)23-21(24)28-13-11-22-10-12-25/h6-9,22,25H,2-5,10-13H2,1H3/p+1. The number of fused-ring (bicyclic) bond motifs is 3. The molecular formula is C21H26N3O3S2+. The van der Waals surface area contributed by atoms with Crippen LogP contribution in [0.5, 0.6) is 5.75 Å². The Morgan fingerprint density at radius 3 is 2.79 bits per heavy atom. The molecule has 4 rings (SSSR count). The van der Waals surface area contributed by atoms with Crippen molar-refractivity contribution >= 4 is 33.3 Å². The van der Waals surface area contributed by atoms with E-state index in [1.54, 1.807) is 34.8 Å². The molecule has 0 bridgehead atoms. The monoisotopic (exact) mass is 432 g/mol. The molecule has 1 aromatic carbocycles. The lowest BCUT2D eigenvalue weighted by molar-refractivity contribution is -0.651. The topological polar surface area (TPSA) is 81.0 Å². The highest BCUT2D eigenvalue weighted by Gasteiger charge is 2.23. The van der Waals surface area contributed by atoms with E-state index >= 15 is 0 Å². The first kappa shape index (κ1) is 20.4. The fourth-order valence-electron chi connectivity index (χ4n) is 3.71. The van der Waals surface area contributed by atoms with Gasteiger partial charge in [0.2, 0.25) is 0 Å². The minimum absolute atomic E-state index is 0.0291. The Kier molecular flexibility index (Phi) is 6.54. The number of ether oxygens (including phenoxy) is 1. The van der Waals surface area contributed by atoms with E-state index in [4.69, 9.17) is 14.8 Å². The number of hydrogen-bond acceptors (Lipinski definition) is 6. The molecule has 29 heavy (non-hydrogen) atoms. The highest BCUT2D eigenvalue weighted by atomic mass is 32.2. The lowest BCUT2D eigenvalue weighted by Crippen LogP contribution is -2.85. The summed E-state index contributed by atoms with van der Waals surface area (Å²) in [5.74, 6) is 1.58. The molecule has 0 amide bonds. The number of aliphatic hydroxyl groups is 1. The molecule has 1 aliphatic rings. The molecule has 8 heteroatoms. The summed E-state index contributed by atoms with van der Waals surface area (Å²) in [7, 11) is 1.64. The molecule has 0 spiro atoms. The summed E-state index contributed by atoms with van der Waals surface area (Å²) in [6.45, 7) is 1.73. The molecule has 0 radical (unpaired) electrons. The quantitative estimate of drug-likeness (QED) is 0.323. The van der Waals surface area contributed by atoms with Gasteiger partial charge >= 0.3 is 0 Å². The van der Waals surface area contributed by atoms with Crippen molar-refractivity contribution in [2.45, 2.75) is 30.8 Å². The highest BCUT2D eigenvalue weighted by molar-refractivity contribution is 7.99. The summed E-state index contributed by atoms with van der Waals surface area (Å²) >= 11 is 3.28. The Hall–Kier alpha value is -1.87. The van der Waals surface area contributed by atoms with Gasteiger partial charge in [0.25, 0.3) is 5.56 Å². The molecule has 6 nitrogen and oxygen atoms in total. The number of aliphatic hydroxyl groups excluding tert-OH is 1. The molecule has 2 aromatic heterocycles. The minimum Gasteiger partial charge on any atom is -0.497 e. The molecule has 3 aromatic rings. The van der Waals surface area contributed by atoms with Crippen molar-refractivity contribution in [3.8, 4) is 11.4 Å². The van der Waals surface area contributed by atoms with Gasteiger partial charge in [-0.1, -0.05) is 11.8 Å². The normalized spacial score (nSPS) is 13.6. The van der Waals surface area contributed by atoms with Crippen LogP contribution in [-0.4, -0.2) is 47.2 Å². The SMILES string of the molecule is COc1ccc(-n2c(SCC[NH2+]CCO)nc3sc4c(c3c2=O)CCCC4)cc1. The van der Waals surface area contributed by atoms with Crippen LogP contribution in [0.25, 0.3) is 15.9 Å². The van der Waals surface area contributed by atoms with E-state index < -0.39 is 0 Å². The van der Waals surface area contributed by atoms with Crippen molar-refractivity contribution in [2.24, 2.45) is 0 Å². The average Bonchev–Trinajstić information content (AvgIpc) is 3.12. The van der Waals surface area contributed by atoms with Crippen LogP contribution in [0.2, 0.25) is 0 Å². The van der Waals surface area contributed by atoms with Gasteiger partial charge in [-0.15, -0.1) is 11.3 Å². The van der Waals surface area contributed by atoms with Crippen LogP contribution in [0.15, 0.2) is 34.2 Å². The third kappa shape index (κ3) is 4.21. The molecule has 154 valence electrons. The van der Waals surface area contributed by atoms with E-state index in [1.807, 2.05) is 24.3 Å². The van der Waals surface area contributed by atoms with Gasteiger partial charge in [-0.05, 0) is 55.5 Å². The second-order valence-corrected chi connectivity index (χ2v) is 9.21. The number of thiophene rings is 1. The van der Waals surface area contributed by atoms with Gasteiger partial charge in [0.05, 0.1) is 43.6 Å². The predicted molar refractivity (Wildman–Crippen MR) is 118 cm³/mol. The van der Waals surface area contributed by atoms with E-state index in [-0.39, 0.29) is 12.2 Å². The van der Waals surface area contributed by atoms with Crippen molar-refractivity contribution < 1.29 is 15.2 Å². The summed E-state index contributed by atoms with van der Waals surface area (Å²) in [5.41, 5.74) is 2.05. The van der Waals surface area contributed by atoms with Crippen LogP contribution in [0.1, 0.15) is 23.3 Å². The number of thioether (sulfide) groups is 1. The number of rotatable bonds is 8. The Morgan fingerprint density at radius 1 is 1.24 bits per heavy atom. The van der Waals surface area contributed by atoms with Crippen molar-refractivity contribution in [1.29, 1.82) is 0 Å². The van der Waals surface area contributed by atoms with Gasteiger partial charge in [0.1, 0.15) is 10.6 Å².